The van der Waals surface area contributed by atoms with E-state index in [1.807, 2.05) is 0 Å². The first kappa shape index (κ1) is 21.5. The van der Waals surface area contributed by atoms with Gasteiger partial charge in [-0.15, -0.1) is 0 Å². The van der Waals surface area contributed by atoms with E-state index in [9.17, 15) is 4.79 Å². The normalized spacial score (nSPS) is 12.2. The standard InChI is InChI=1S/C16H29N3O6/c1-21-5-6-24-9-10-25-8-7-23-4-3-18-15(16(20)22-2)11-14-12-17-13-19-14/h12-13,15,18H,3-11H2,1-2H3,(H,17,19)/t15-/m0/s1. The van der Waals surface area contributed by atoms with Gasteiger partial charge in [0.05, 0.1) is 59.7 Å². The van der Waals surface area contributed by atoms with Crippen LogP contribution in [0, 0.1) is 0 Å². The summed E-state index contributed by atoms with van der Waals surface area (Å²) in [7, 11) is 3.01. The summed E-state index contributed by atoms with van der Waals surface area (Å²) >= 11 is 0. The summed E-state index contributed by atoms with van der Waals surface area (Å²) in [5.74, 6) is -0.314. The van der Waals surface area contributed by atoms with E-state index in [0.717, 1.165) is 5.69 Å². The number of ether oxygens (including phenoxy) is 5. The predicted octanol–water partition coefficient (Wildman–Crippen LogP) is -0.220. The van der Waals surface area contributed by atoms with Crippen LogP contribution in [0.25, 0.3) is 0 Å². The van der Waals surface area contributed by atoms with Crippen LogP contribution in [0.1, 0.15) is 5.69 Å². The van der Waals surface area contributed by atoms with E-state index in [1.54, 1.807) is 19.6 Å². The molecule has 25 heavy (non-hydrogen) atoms. The number of carbonyl (C=O) groups excluding carboxylic acids is 1. The van der Waals surface area contributed by atoms with Gasteiger partial charge in [0.25, 0.3) is 0 Å². The third kappa shape index (κ3) is 10.8. The Kier molecular flexibility index (Phi) is 12.7. The fourth-order valence-corrected chi connectivity index (χ4v) is 1.99. The second kappa shape index (κ2) is 14.8. The van der Waals surface area contributed by atoms with Crippen LogP contribution in [0.4, 0.5) is 0 Å². The van der Waals surface area contributed by atoms with Gasteiger partial charge in [0, 0.05) is 32.0 Å². The molecule has 1 atom stereocenters. The van der Waals surface area contributed by atoms with Gasteiger partial charge < -0.3 is 34.0 Å². The fourth-order valence-electron chi connectivity index (χ4n) is 1.99. The van der Waals surface area contributed by atoms with Crippen LogP contribution in [0.5, 0.6) is 0 Å². The van der Waals surface area contributed by atoms with E-state index in [4.69, 9.17) is 23.7 Å². The predicted molar refractivity (Wildman–Crippen MR) is 90.4 cm³/mol. The molecule has 0 amide bonds. The molecular weight excluding hydrogens is 330 g/mol. The first-order valence-corrected chi connectivity index (χ1v) is 8.28. The zero-order chi connectivity index (χ0) is 18.2. The van der Waals surface area contributed by atoms with Crippen molar-refractivity contribution in [2.24, 2.45) is 0 Å². The molecule has 1 aromatic rings. The summed E-state index contributed by atoms with van der Waals surface area (Å²) in [6.45, 7) is 4.23. The largest absolute Gasteiger partial charge is 0.468 e. The van der Waals surface area contributed by atoms with Crippen molar-refractivity contribution in [1.82, 2.24) is 15.3 Å². The van der Waals surface area contributed by atoms with Crippen LogP contribution in [0.3, 0.4) is 0 Å². The SMILES string of the molecule is COCCOCCOCCOCCN[C@@H](Cc1cnc[nH]1)C(=O)OC. The van der Waals surface area contributed by atoms with Crippen molar-refractivity contribution in [2.45, 2.75) is 12.5 Å². The molecule has 0 radical (unpaired) electrons. The van der Waals surface area contributed by atoms with Gasteiger partial charge in [0.15, 0.2) is 0 Å². The van der Waals surface area contributed by atoms with Gasteiger partial charge in [-0.25, -0.2) is 4.98 Å². The van der Waals surface area contributed by atoms with Crippen LogP contribution in [-0.4, -0.2) is 89.0 Å². The Balaban J connectivity index is 2.00. The third-order valence-corrected chi connectivity index (χ3v) is 3.28. The molecule has 0 saturated carbocycles. The molecule has 1 heterocycles. The monoisotopic (exact) mass is 359 g/mol. The Morgan fingerprint density at radius 2 is 1.72 bits per heavy atom. The van der Waals surface area contributed by atoms with E-state index < -0.39 is 6.04 Å². The van der Waals surface area contributed by atoms with E-state index in [0.29, 0.717) is 59.2 Å². The minimum Gasteiger partial charge on any atom is -0.468 e. The zero-order valence-electron chi connectivity index (χ0n) is 15.0. The topological polar surface area (TPSA) is 104 Å². The lowest BCUT2D eigenvalue weighted by molar-refractivity contribution is -0.143. The van der Waals surface area contributed by atoms with E-state index in [1.165, 1.54) is 7.11 Å². The maximum atomic E-state index is 11.8. The number of aromatic nitrogens is 2. The fraction of sp³-hybridized carbons (Fsp3) is 0.750. The zero-order valence-corrected chi connectivity index (χ0v) is 15.0. The van der Waals surface area contributed by atoms with Crippen molar-refractivity contribution in [3.05, 3.63) is 18.2 Å². The number of aromatic amines is 1. The molecule has 0 aliphatic carbocycles. The highest BCUT2D eigenvalue weighted by molar-refractivity contribution is 5.75. The summed E-state index contributed by atoms with van der Waals surface area (Å²) in [5, 5.41) is 3.12. The molecule has 9 heteroatoms. The molecule has 144 valence electrons. The molecule has 1 aromatic heterocycles. The quantitative estimate of drug-likeness (QED) is 0.308. The molecule has 2 N–H and O–H groups in total. The van der Waals surface area contributed by atoms with Crippen molar-refractivity contribution < 1.29 is 28.5 Å². The van der Waals surface area contributed by atoms with Gasteiger partial charge >= 0.3 is 5.97 Å². The first-order chi connectivity index (χ1) is 12.3. The molecule has 0 fully saturated rings. The first-order valence-electron chi connectivity index (χ1n) is 8.28. The third-order valence-electron chi connectivity index (χ3n) is 3.28. The van der Waals surface area contributed by atoms with Crippen molar-refractivity contribution >= 4 is 5.97 Å². The molecule has 0 bridgehead atoms. The van der Waals surface area contributed by atoms with E-state index in [-0.39, 0.29) is 5.97 Å². The highest BCUT2D eigenvalue weighted by Gasteiger charge is 2.19. The Labute approximate surface area is 148 Å². The van der Waals surface area contributed by atoms with Crippen molar-refractivity contribution in [1.29, 1.82) is 0 Å². The van der Waals surface area contributed by atoms with Crippen molar-refractivity contribution in [3.8, 4) is 0 Å². The molecule has 0 aliphatic heterocycles. The summed E-state index contributed by atoms with van der Waals surface area (Å²) in [6.07, 6.45) is 3.75. The average Bonchev–Trinajstić information content (AvgIpc) is 3.14. The van der Waals surface area contributed by atoms with Crippen LogP contribution in [-0.2, 0) is 34.9 Å². The van der Waals surface area contributed by atoms with Gasteiger partial charge in [0.1, 0.15) is 6.04 Å². The summed E-state index contributed by atoms with van der Waals surface area (Å²) in [5.41, 5.74) is 0.866. The second-order valence-electron chi connectivity index (χ2n) is 5.14. The number of imidazole rings is 1. The molecule has 1 rings (SSSR count). The average molecular weight is 359 g/mol. The van der Waals surface area contributed by atoms with E-state index in [2.05, 4.69) is 15.3 Å². The lowest BCUT2D eigenvalue weighted by Crippen LogP contribution is -2.41. The van der Waals surface area contributed by atoms with Crippen molar-refractivity contribution in [3.63, 3.8) is 0 Å². The van der Waals surface area contributed by atoms with E-state index >= 15 is 0 Å². The van der Waals surface area contributed by atoms with Crippen LogP contribution >= 0.6 is 0 Å². The molecule has 0 aromatic carbocycles. The molecule has 9 nitrogen and oxygen atoms in total. The van der Waals surface area contributed by atoms with Gasteiger partial charge in [-0.2, -0.15) is 0 Å². The summed E-state index contributed by atoms with van der Waals surface area (Å²) < 4.78 is 25.8. The Morgan fingerprint density at radius 3 is 2.28 bits per heavy atom. The number of nitrogens with zero attached hydrogens (tertiary/aromatic N) is 1. The number of esters is 1. The van der Waals surface area contributed by atoms with Gasteiger partial charge in [-0.3, -0.25) is 4.79 Å². The lowest BCUT2D eigenvalue weighted by atomic mass is 10.1. The molecule has 0 unspecified atom stereocenters. The highest BCUT2D eigenvalue weighted by Crippen LogP contribution is 2.00. The summed E-state index contributed by atoms with van der Waals surface area (Å²) in [6, 6.07) is -0.436. The number of hydrogen-bond acceptors (Lipinski definition) is 8. The number of nitrogens with one attached hydrogen (secondary N) is 2. The molecule has 0 saturated heterocycles. The Hall–Kier alpha value is -1.52. The number of hydrogen-bond donors (Lipinski definition) is 2. The van der Waals surface area contributed by atoms with Crippen LogP contribution in [0.2, 0.25) is 0 Å². The Bertz CT molecular complexity index is 430. The second-order valence-corrected chi connectivity index (χ2v) is 5.14. The smallest absolute Gasteiger partial charge is 0.323 e. The minimum absolute atomic E-state index is 0.314. The lowest BCUT2D eigenvalue weighted by Gasteiger charge is -2.15. The highest BCUT2D eigenvalue weighted by atomic mass is 16.6. The maximum Gasteiger partial charge on any atom is 0.323 e. The van der Waals surface area contributed by atoms with Gasteiger partial charge in [0.2, 0.25) is 0 Å². The summed E-state index contributed by atoms with van der Waals surface area (Å²) in [4.78, 5) is 18.7. The van der Waals surface area contributed by atoms with Crippen LogP contribution in [0.15, 0.2) is 12.5 Å². The Morgan fingerprint density at radius 1 is 1.08 bits per heavy atom. The number of rotatable bonds is 16. The number of methoxy groups -OCH3 is 2. The number of H-pyrrole nitrogens is 1. The maximum absolute atomic E-state index is 11.8. The molecular formula is C16H29N3O6. The van der Waals surface area contributed by atoms with Gasteiger partial charge in [-0.1, -0.05) is 0 Å². The van der Waals surface area contributed by atoms with Crippen molar-refractivity contribution in [2.75, 3.05) is 67.0 Å². The van der Waals surface area contributed by atoms with Crippen LogP contribution < -0.4 is 5.32 Å². The minimum atomic E-state index is -0.436. The number of carbonyl (C=O) groups is 1. The molecule has 0 spiro atoms. The van der Waals surface area contributed by atoms with Gasteiger partial charge in [-0.05, 0) is 0 Å². The molecule has 0 aliphatic rings.